The van der Waals surface area contributed by atoms with Crippen LogP contribution < -0.4 is 0 Å². The van der Waals surface area contributed by atoms with Crippen LogP contribution in [-0.4, -0.2) is 23.4 Å². The smallest absolute Gasteiger partial charge is 0.258 e. The molecule has 0 N–H and O–H groups in total. The number of hydrogen-bond acceptors (Lipinski definition) is 2. The van der Waals surface area contributed by atoms with Gasteiger partial charge in [-0.2, -0.15) is 0 Å². The van der Waals surface area contributed by atoms with Crippen LogP contribution in [0.3, 0.4) is 0 Å². The van der Waals surface area contributed by atoms with Gasteiger partial charge in [0.15, 0.2) is 0 Å². The lowest BCUT2D eigenvalue weighted by Gasteiger charge is -2.23. The van der Waals surface area contributed by atoms with Gasteiger partial charge >= 0.3 is 0 Å². The molecule has 1 saturated carbocycles. The minimum Gasteiger partial charge on any atom is -0.335 e. The first-order valence-corrected chi connectivity index (χ1v) is 8.20. The number of benzene rings is 1. The highest BCUT2D eigenvalue weighted by molar-refractivity contribution is 7.09. The fraction of sp³-hybridized carbons (Fsp3) is 0.312. The Labute approximate surface area is 132 Å². The summed E-state index contributed by atoms with van der Waals surface area (Å²) in [5, 5.41) is 2.20. The van der Waals surface area contributed by atoms with Gasteiger partial charge in [-0.05, 0) is 42.8 Å². The van der Waals surface area contributed by atoms with E-state index < -0.39 is 5.82 Å². The summed E-state index contributed by atoms with van der Waals surface area (Å²) < 4.78 is 13.9. The Bertz CT molecular complexity index is 619. The van der Waals surface area contributed by atoms with Gasteiger partial charge in [-0.25, -0.2) is 4.39 Å². The maximum atomic E-state index is 13.9. The fourth-order valence-corrected chi connectivity index (χ4v) is 3.31. The predicted molar refractivity (Wildman–Crippen MR) is 83.5 cm³/mol. The van der Waals surface area contributed by atoms with Crippen molar-refractivity contribution in [1.29, 1.82) is 0 Å². The van der Waals surface area contributed by atoms with Crippen LogP contribution in [0, 0.1) is 5.82 Å². The average molecular weight is 324 g/mol. The first-order valence-electron chi connectivity index (χ1n) is 6.94. The SMILES string of the molecule is O=C(c1c(F)cccc1Cl)N(CCc1cccs1)C1CC1. The van der Waals surface area contributed by atoms with Gasteiger partial charge in [0.05, 0.1) is 10.6 Å². The standard InChI is InChI=1S/C16H15ClFNOS/c17-13-4-1-5-14(18)15(13)16(20)19(11-6-7-11)9-8-12-3-2-10-21-12/h1-5,10-11H,6-9H2. The third-order valence-corrected chi connectivity index (χ3v) is 4.86. The van der Waals surface area contributed by atoms with Crippen molar-refractivity contribution in [2.45, 2.75) is 25.3 Å². The van der Waals surface area contributed by atoms with Crippen molar-refractivity contribution in [3.05, 3.63) is 57.0 Å². The van der Waals surface area contributed by atoms with Gasteiger partial charge in [0.1, 0.15) is 5.82 Å². The number of carbonyl (C=O) groups excluding carboxylic acids is 1. The Morgan fingerprint density at radius 1 is 1.33 bits per heavy atom. The normalized spacial score (nSPS) is 14.2. The third-order valence-electron chi connectivity index (χ3n) is 3.60. The molecule has 0 atom stereocenters. The molecule has 1 aliphatic rings. The van der Waals surface area contributed by atoms with Gasteiger partial charge in [-0.3, -0.25) is 4.79 Å². The van der Waals surface area contributed by atoms with Crippen molar-refractivity contribution in [2.24, 2.45) is 0 Å². The Hall–Kier alpha value is -1.39. The summed E-state index contributed by atoms with van der Waals surface area (Å²) in [6, 6.07) is 8.63. The van der Waals surface area contributed by atoms with Crippen molar-refractivity contribution in [3.8, 4) is 0 Å². The number of nitrogens with zero attached hydrogens (tertiary/aromatic N) is 1. The molecule has 110 valence electrons. The molecule has 0 radical (unpaired) electrons. The van der Waals surface area contributed by atoms with E-state index in [-0.39, 0.29) is 22.5 Å². The van der Waals surface area contributed by atoms with Crippen LogP contribution in [0.25, 0.3) is 0 Å². The van der Waals surface area contributed by atoms with Crippen molar-refractivity contribution in [3.63, 3.8) is 0 Å². The Morgan fingerprint density at radius 2 is 2.14 bits per heavy atom. The van der Waals surface area contributed by atoms with Crippen molar-refractivity contribution in [2.75, 3.05) is 6.54 Å². The largest absolute Gasteiger partial charge is 0.335 e. The van der Waals surface area contributed by atoms with Crippen LogP contribution in [0.5, 0.6) is 0 Å². The number of rotatable bonds is 5. The van der Waals surface area contributed by atoms with Gasteiger partial charge in [0, 0.05) is 17.5 Å². The number of carbonyl (C=O) groups is 1. The minimum atomic E-state index is -0.547. The summed E-state index contributed by atoms with van der Waals surface area (Å²) in [6.45, 7) is 0.606. The summed E-state index contributed by atoms with van der Waals surface area (Å²) in [7, 11) is 0. The molecule has 1 heterocycles. The summed E-state index contributed by atoms with van der Waals surface area (Å²) >= 11 is 7.68. The monoisotopic (exact) mass is 323 g/mol. The molecule has 0 aliphatic heterocycles. The zero-order chi connectivity index (χ0) is 14.8. The second kappa shape index (κ2) is 6.16. The molecule has 5 heteroatoms. The first kappa shape index (κ1) is 14.5. The number of halogens is 2. The van der Waals surface area contributed by atoms with Crippen LogP contribution in [0.1, 0.15) is 28.1 Å². The number of hydrogen-bond donors (Lipinski definition) is 0. The Balaban J connectivity index is 1.79. The van der Waals surface area contributed by atoms with Gasteiger partial charge in [0.25, 0.3) is 5.91 Å². The van der Waals surface area contributed by atoms with Crippen molar-refractivity contribution in [1.82, 2.24) is 4.90 Å². The van der Waals surface area contributed by atoms with Crippen LogP contribution in [0.4, 0.5) is 4.39 Å². The molecule has 0 saturated heterocycles. The van der Waals surface area contributed by atoms with Crippen molar-refractivity contribution >= 4 is 28.8 Å². The molecule has 3 rings (SSSR count). The van der Waals surface area contributed by atoms with Crippen LogP contribution >= 0.6 is 22.9 Å². The molecule has 1 fully saturated rings. The summed E-state index contributed by atoms with van der Waals surface area (Å²) in [5.41, 5.74) is -0.00255. The lowest BCUT2D eigenvalue weighted by Crippen LogP contribution is -2.35. The van der Waals surface area contributed by atoms with Gasteiger partial charge in [-0.15, -0.1) is 11.3 Å². The molecule has 1 amide bonds. The van der Waals surface area contributed by atoms with Gasteiger partial charge < -0.3 is 4.90 Å². The molecule has 2 aromatic rings. The van der Waals surface area contributed by atoms with Crippen molar-refractivity contribution < 1.29 is 9.18 Å². The molecule has 2 nitrogen and oxygen atoms in total. The molecule has 21 heavy (non-hydrogen) atoms. The third kappa shape index (κ3) is 3.27. The zero-order valence-corrected chi connectivity index (χ0v) is 13.0. The molecule has 0 unspecified atom stereocenters. The van der Waals surface area contributed by atoms with Crippen LogP contribution in [-0.2, 0) is 6.42 Å². The number of thiophene rings is 1. The summed E-state index contributed by atoms with van der Waals surface area (Å²) in [4.78, 5) is 15.6. The molecular formula is C16H15ClFNOS. The van der Waals surface area contributed by atoms with E-state index in [1.54, 1.807) is 22.3 Å². The Morgan fingerprint density at radius 3 is 2.76 bits per heavy atom. The maximum Gasteiger partial charge on any atom is 0.258 e. The van der Waals surface area contributed by atoms with Crippen LogP contribution in [0.15, 0.2) is 35.7 Å². The van der Waals surface area contributed by atoms with Gasteiger partial charge in [0.2, 0.25) is 0 Å². The van der Waals surface area contributed by atoms with E-state index in [1.807, 2.05) is 11.4 Å². The molecule has 0 spiro atoms. The first-order chi connectivity index (χ1) is 10.2. The lowest BCUT2D eigenvalue weighted by molar-refractivity contribution is 0.0741. The van der Waals surface area contributed by atoms with Crippen LogP contribution in [0.2, 0.25) is 5.02 Å². The topological polar surface area (TPSA) is 20.3 Å². The molecule has 1 aliphatic carbocycles. The van der Waals surface area contributed by atoms with Gasteiger partial charge in [-0.1, -0.05) is 23.7 Å². The maximum absolute atomic E-state index is 13.9. The second-order valence-electron chi connectivity index (χ2n) is 5.16. The number of amides is 1. The lowest BCUT2D eigenvalue weighted by atomic mass is 10.1. The van der Waals surface area contributed by atoms with E-state index in [0.29, 0.717) is 6.54 Å². The Kier molecular flexibility index (Phi) is 4.27. The predicted octanol–water partition coefficient (Wildman–Crippen LogP) is 4.39. The summed E-state index contributed by atoms with van der Waals surface area (Å²) in [6.07, 6.45) is 2.77. The molecular weight excluding hydrogens is 309 g/mol. The molecule has 0 bridgehead atoms. The second-order valence-corrected chi connectivity index (χ2v) is 6.60. The average Bonchev–Trinajstić information content (AvgIpc) is 3.14. The fourth-order valence-electron chi connectivity index (χ4n) is 2.37. The van der Waals surface area contributed by atoms with E-state index in [2.05, 4.69) is 6.07 Å². The van der Waals surface area contributed by atoms with E-state index in [0.717, 1.165) is 19.3 Å². The highest BCUT2D eigenvalue weighted by Gasteiger charge is 2.34. The van der Waals surface area contributed by atoms with E-state index in [1.165, 1.54) is 17.0 Å². The minimum absolute atomic E-state index is 0.00255. The van der Waals surface area contributed by atoms with E-state index in [4.69, 9.17) is 11.6 Å². The summed E-state index contributed by atoms with van der Waals surface area (Å²) in [5.74, 6) is -0.841. The highest BCUT2D eigenvalue weighted by atomic mass is 35.5. The quantitative estimate of drug-likeness (QED) is 0.799. The molecule has 1 aromatic heterocycles. The zero-order valence-electron chi connectivity index (χ0n) is 11.4. The van der Waals surface area contributed by atoms with E-state index >= 15 is 0 Å². The highest BCUT2D eigenvalue weighted by Crippen LogP contribution is 2.31. The molecule has 1 aromatic carbocycles. The van der Waals surface area contributed by atoms with E-state index in [9.17, 15) is 9.18 Å².